The largest absolute Gasteiger partial charge is 0.394 e. The third-order valence-electron chi connectivity index (χ3n) is 2.89. The Morgan fingerprint density at radius 1 is 0.889 bits per heavy atom. The van der Waals surface area contributed by atoms with Crippen LogP contribution in [0.4, 0.5) is 0 Å². The quantitative estimate of drug-likeness (QED) is 0.249. The van der Waals surface area contributed by atoms with Crippen LogP contribution in [-0.2, 0) is 4.74 Å². The summed E-state index contributed by atoms with van der Waals surface area (Å²) < 4.78 is 4.65. The first-order valence-electron chi connectivity index (χ1n) is 5.34. The molecule has 0 aliphatic carbocycles. The number of aliphatic hydroxyl groups is 8. The Hall–Kier alpha value is -0.360. The van der Waals surface area contributed by atoms with Crippen LogP contribution >= 0.6 is 0 Å². The Balaban J connectivity index is 2.76. The van der Waals surface area contributed by atoms with Crippen molar-refractivity contribution in [3.8, 4) is 0 Å². The molecule has 0 spiro atoms. The van der Waals surface area contributed by atoms with Gasteiger partial charge in [0, 0.05) is 0 Å². The topological polar surface area (TPSA) is 171 Å². The summed E-state index contributed by atoms with van der Waals surface area (Å²) in [5.41, 5.74) is 0. The van der Waals surface area contributed by atoms with Crippen molar-refractivity contribution in [1.82, 2.24) is 0 Å². The van der Waals surface area contributed by atoms with Crippen molar-refractivity contribution < 1.29 is 45.6 Å². The van der Waals surface area contributed by atoms with Gasteiger partial charge in [0.15, 0.2) is 6.29 Å². The van der Waals surface area contributed by atoms with Gasteiger partial charge in [-0.1, -0.05) is 0 Å². The van der Waals surface area contributed by atoms with E-state index in [0.29, 0.717) is 0 Å². The number of ether oxygens (including phenoxy) is 1. The lowest BCUT2D eigenvalue weighted by molar-refractivity contribution is -0.305. The van der Waals surface area contributed by atoms with Gasteiger partial charge in [0.25, 0.3) is 0 Å². The summed E-state index contributed by atoms with van der Waals surface area (Å²) in [6.45, 7) is -0.839. The molecule has 1 aliphatic rings. The summed E-state index contributed by atoms with van der Waals surface area (Å²) in [5.74, 6) is 0. The van der Waals surface area contributed by atoms with Crippen LogP contribution < -0.4 is 0 Å². The fourth-order valence-corrected chi connectivity index (χ4v) is 1.70. The Morgan fingerprint density at radius 3 is 1.94 bits per heavy atom. The fraction of sp³-hybridized carbons (Fsp3) is 1.00. The summed E-state index contributed by atoms with van der Waals surface area (Å²) in [5, 5.41) is 74.1. The van der Waals surface area contributed by atoms with E-state index in [1.807, 2.05) is 0 Å². The first-order valence-corrected chi connectivity index (χ1v) is 5.34. The first-order chi connectivity index (χ1) is 8.31. The van der Waals surface area contributed by atoms with Crippen molar-refractivity contribution in [2.45, 2.75) is 49.0 Å². The van der Waals surface area contributed by atoms with Gasteiger partial charge in [-0.15, -0.1) is 0 Å². The molecular weight excluding hydrogens is 252 g/mol. The van der Waals surface area contributed by atoms with Crippen LogP contribution in [-0.4, -0.2) is 96.5 Å². The zero-order valence-electron chi connectivity index (χ0n) is 9.31. The minimum atomic E-state index is -1.88. The lowest BCUT2D eigenvalue weighted by Gasteiger charge is -2.41. The average molecular weight is 270 g/mol. The molecule has 9 nitrogen and oxygen atoms in total. The van der Waals surface area contributed by atoms with Crippen molar-refractivity contribution >= 4 is 0 Å². The van der Waals surface area contributed by atoms with Gasteiger partial charge in [-0.3, -0.25) is 0 Å². The van der Waals surface area contributed by atoms with Gasteiger partial charge < -0.3 is 45.6 Å². The Morgan fingerprint density at radius 2 is 1.44 bits per heavy atom. The normalized spacial score (nSPS) is 42.3. The third kappa shape index (κ3) is 2.96. The molecule has 1 heterocycles. The molecule has 0 aromatic rings. The number of aliphatic hydroxyl groups excluding tert-OH is 8. The second kappa shape index (κ2) is 6.19. The lowest BCUT2D eigenvalue weighted by Crippen LogP contribution is -2.63. The molecule has 1 fully saturated rings. The zero-order valence-corrected chi connectivity index (χ0v) is 9.31. The minimum absolute atomic E-state index is 0.839. The first kappa shape index (κ1) is 15.7. The standard InChI is InChI=1S/C9H18O9/c10-1-2(11)3(12)5(14)8-6(15)4(13)7(16)9(17)18-8/h2-17H,1H2/t2-,3+,4+,5+,6+,7-,8-,9?/m1/s1. The van der Waals surface area contributed by atoms with Crippen molar-refractivity contribution in [1.29, 1.82) is 0 Å². The van der Waals surface area contributed by atoms with Crippen LogP contribution in [0.15, 0.2) is 0 Å². The summed E-state index contributed by atoms with van der Waals surface area (Å²) in [4.78, 5) is 0. The van der Waals surface area contributed by atoms with Crippen molar-refractivity contribution in [3.63, 3.8) is 0 Å². The second-order valence-corrected chi connectivity index (χ2v) is 4.19. The molecule has 0 bridgehead atoms. The average Bonchev–Trinajstić information content (AvgIpc) is 2.37. The van der Waals surface area contributed by atoms with E-state index >= 15 is 0 Å². The number of rotatable bonds is 4. The van der Waals surface area contributed by atoms with Crippen molar-refractivity contribution in [2.75, 3.05) is 6.61 Å². The molecule has 108 valence electrons. The van der Waals surface area contributed by atoms with E-state index in [9.17, 15) is 30.6 Å². The maximum Gasteiger partial charge on any atom is 0.184 e. The molecule has 1 unspecified atom stereocenters. The van der Waals surface area contributed by atoms with Crippen LogP contribution in [0.5, 0.6) is 0 Å². The molecule has 9 heteroatoms. The van der Waals surface area contributed by atoms with Gasteiger partial charge >= 0.3 is 0 Å². The number of hydrogen-bond donors (Lipinski definition) is 8. The Bertz CT molecular complexity index is 262. The third-order valence-corrected chi connectivity index (χ3v) is 2.89. The molecule has 0 saturated carbocycles. The molecule has 1 aliphatic heterocycles. The van der Waals surface area contributed by atoms with Crippen LogP contribution in [0.25, 0.3) is 0 Å². The van der Waals surface area contributed by atoms with Gasteiger partial charge in [0.1, 0.15) is 42.7 Å². The fourth-order valence-electron chi connectivity index (χ4n) is 1.70. The molecule has 0 aromatic carbocycles. The van der Waals surface area contributed by atoms with E-state index < -0.39 is 55.6 Å². The van der Waals surface area contributed by atoms with Crippen molar-refractivity contribution in [2.24, 2.45) is 0 Å². The highest BCUT2D eigenvalue weighted by Gasteiger charge is 2.48. The molecule has 8 N–H and O–H groups in total. The monoisotopic (exact) mass is 270 g/mol. The molecule has 0 aromatic heterocycles. The number of hydrogen-bond acceptors (Lipinski definition) is 9. The van der Waals surface area contributed by atoms with E-state index in [-0.39, 0.29) is 0 Å². The van der Waals surface area contributed by atoms with Gasteiger partial charge in [-0.2, -0.15) is 0 Å². The van der Waals surface area contributed by atoms with E-state index in [2.05, 4.69) is 4.74 Å². The SMILES string of the molecule is OC[C@@H](O)[C@H](O)[C@H](O)[C@H]1OC(O)[C@H](O)[C@@H](O)[C@@H]1O. The van der Waals surface area contributed by atoms with Gasteiger partial charge in [-0.25, -0.2) is 0 Å². The predicted molar refractivity (Wildman–Crippen MR) is 54.0 cm³/mol. The maximum atomic E-state index is 9.63. The van der Waals surface area contributed by atoms with Gasteiger partial charge in [0.05, 0.1) is 6.61 Å². The van der Waals surface area contributed by atoms with Crippen LogP contribution in [0.1, 0.15) is 0 Å². The molecule has 1 rings (SSSR count). The van der Waals surface area contributed by atoms with E-state index in [1.165, 1.54) is 0 Å². The summed E-state index contributed by atoms with van der Waals surface area (Å²) >= 11 is 0. The van der Waals surface area contributed by atoms with Gasteiger partial charge in [-0.05, 0) is 0 Å². The lowest BCUT2D eigenvalue weighted by atomic mass is 9.91. The highest BCUT2D eigenvalue weighted by molar-refractivity contribution is 4.95. The summed E-state index contributed by atoms with van der Waals surface area (Å²) in [6.07, 6.45) is -14.2. The summed E-state index contributed by atoms with van der Waals surface area (Å²) in [7, 11) is 0. The highest BCUT2D eigenvalue weighted by atomic mass is 16.6. The van der Waals surface area contributed by atoms with E-state index in [4.69, 9.17) is 10.2 Å². The van der Waals surface area contributed by atoms with Crippen LogP contribution in [0, 0.1) is 0 Å². The second-order valence-electron chi connectivity index (χ2n) is 4.19. The molecule has 18 heavy (non-hydrogen) atoms. The summed E-state index contributed by atoms with van der Waals surface area (Å²) in [6, 6.07) is 0. The van der Waals surface area contributed by atoms with Gasteiger partial charge in [0.2, 0.25) is 0 Å². The molecular formula is C9H18O9. The predicted octanol–water partition coefficient (Wildman–Crippen LogP) is -5.14. The maximum absolute atomic E-state index is 9.63. The van der Waals surface area contributed by atoms with Crippen LogP contribution in [0.3, 0.4) is 0 Å². The molecule has 1 saturated heterocycles. The smallest absolute Gasteiger partial charge is 0.184 e. The van der Waals surface area contributed by atoms with E-state index in [0.717, 1.165) is 0 Å². The van der Waals surface area contributed by atoms with E-state index in [1.54, 1.807) is 0 Å². The Labute approximate surface area is 102 Å². The Kier molecular flexibility index (Phi) is 5.40. The highest BCUT2D eigenvalue weighted by Crippen LogP contribution is 2.24. The zero-order chi connectivity index (χ0) is 14.0. The van der Waals surface area contributed by atoms with Crippen LogP contribution in [0.2, 0.25) is 0 Å². The molecule has 0 amide bonds. The molecule has 0 radical (unpaired) electrons. The minimum Gasteiger partial charge on any atom is -0.394 e. The molecule has 8 atom stereocenters. The van der Waals surface area contributed by atoms with Crippen molar-refractivity contribution in [3.05, 3.63) is 0 Å².